The number of halogens is 4. The summed E-state index contributed by atoms with van der Waals surface area (Å²) in [6.07, 6.45) is -5.21. The minimum Gasteiger partial charge on any atom is -0.481 e. The first-order chi connectivity index (χ1) is 9.54. The number of aliphatic carboxylic acids is 1. The third-order valence-electron chi connectivity index (χ3n) is 2.40. The number of carboxylic acid groups (broad SMARTS) is 1. The molecule has 0 unspecified atom stereocenters. The van der Waals surface area contributed by atoms with Gasteiger partial charge in [0.15, 0.2) is 0 Å². The fourth-order valence-corrected chi connectivity index (χ4v) is 2.93. The number of benzene rings is 1. The maximum atomic E-state index is 12.8. The summed E-state index contributed by atoms with van der Waals surface area (Å²) in [5, 5.41) is 8.16. The first-order valence-corrected chi connectivity index (χ1v) is 7.48. The Morgan fingerprint density at radius 3 is 2.48 bits per heavy atom. The highest BCUT2D eigenvalue weighted by Gasteiger charge is 2.37. The predicted molar refractivity (Wildman–Crippen MR) is 68.5 cm³/mol. The average molecular weight is 346 g/mol. The molecule has 0 aromatic heterocycles. The van der Waals surface area contributed by atoms with Crippen molar-refractivity contribution in [3.05, 3.63) is 28.8 Å². The van der Waals surface area contributed by atoms with E-state index in [1.165, 1.54) is 0 Å². The number of hydrogen-bond acceptors (Lipinski definition) is 3. The molecule has 1 rings (SSSR count). The van der Waals surface area contributed by atoms with Crippen LogP contribution in [0.3, 0.4) is 0 Å². The molecule has 0 amide bonds. The van der Waals surface area contributed by atoms with Gasteiger partial charge in [0, 0.05) is 18.0 Å². The van der Waals surface area contributed by atoms with Crippen molar-refractivity contribution in [3.8, 4) is 0 Å². The van der Waals surface area contributed by atoms with Crippen molar-refractivity contribution in [3.63, 3.8) is 0 Å². The number of rotatable bonds is 6. The maximum absolute atomic E-state index is 12.8. The lowest BCUT2D eigenvalue weighted by molar-refractivity contribution is -0.140. The Hall–Kier alpha value is -1.32. The Kier molecular flexibility index (Phi) is 5.60. The Morgan fingerprint density at radius 2 is 1.95 bits per heavy atom. The number of sulfonamides is 1. The van der Waals surface area contributed by atoms with E-state index in [9.17, 15) is 26.4 Å². The van der Waals surface area contributed by atoms with Crippen LogP contribution in [-0.4, -0.2) is 26.0 Å². The summed E-state index contributed by atoms with van der Waals surface area (Å²) in [5.74, 6) is -1.13. The Morgan fingerprint density at radius 1 is 1.33 bits per heavy atom. The molecule has 0 heterocycles. The summed E-state index contributed by atoms with van der Waals surface area (Å²) in [7, 11) is -4.41. The Labute approximate surface area is 123 Å². The van der Waals surface area contributed by atoms with Crippen molar-refractivity contribution in [2.45, 2.75) is 23.9 Å². The molecule has 0 atom stereocenters. The number of carbonyl (C=O) groups is 1. The Bertz CT molecular complexity index is 631. The van der Waals surface area contributed by atoms with Crippen LogP contribution in [0.4, 0.5) is 13.2 Å². The van der Waals surface area contributed by atoms with Gasteiger partial charge in [-0.05, 0) is 24.6 Å². The number of carboxylic acids is 1. The molecule has 0 aliphatic heterocycles. The normalized spacial score (nSPS) is 12.4. The third kappa shape index (κ3) is 5.18. The van der Waals surface area contributed by atoms with Crippen molar-refractivity contribution in [1.82, 2.24) is 4.72 Å². The first-order valence-electron chi connectivity index (χ1n) is 5.62. The predicted octanol–water partition coefficient (Wildman–Crippen LogP) is 2.50. The number of alkyl halides is 3. The van der Waals surface area contributed by atoms with E-state index in [2.05, 4.69) is 0 Å². The standard InChI is InChI=1S/C11H11ClF3NO4S/c12-7-3-4-9(8(6-7)11(13,14)15)21(19,20)16-5-1-2-10(17)18/h3-4,6,16H,1-2,5H2,(H,17,18). The Balaban J connectivity index is 3.01. The van der Waals surface area contributed by atoms with Crippen LogP contribution in [0.5, 0.6) is 0 Å². The van der Waals surface area contributed by atoms with Crippen LogP contribution in [0.25, 0.3) is 0 Å². The molecular formula is C11H11ClF3NO4S. The molecule has 0 saturated heterocycles. The van der Waals surface area contributed by atoms with Gasteiger partial charge in [-0.15, -0.1) is 0 Å². The highest BCUT2D eigenvalue weighted by atomic mass is 35.5. The molecule has 0 radical (unpaired) electrons. The SMILES string of the molecule is O=C(O)CCCNS(=O)(=O)c1ccc(Cl)cc1C(F)(F)F. The summed E-state index contributed by atoms with van der Waals surface area (Å²) < 4.78 is 64.1. The van der Waals surface area contributed by atoms with Gasteiger partial charge in [-0.2, -0.15) is 13.2 Å². The zero-order valence-electron chi connectivity index (χ0n) is 10.4. The number of hydrogen-bond donors (Lipinski definition) is 2. The molecule has 1 aromatic rings. The molecule has 10 heteroatoms. The van der Waals surface area contributed by atoms with Gasteiger partial charge in [0.05, 0.1) is 10.5 Å². The van der Waals surface area contributed by atoms with Crippen LogP contribution in [0.1, 0.15) is 18.4 Å². The van der Waals surface area contributed by atoms with E-state index in [1.54, 1.807) is 0 Å². The van der Waals surface area contributed by atoms with Crippen molar-refractivity contribution in [2.75, 3.05) is 6.54 Å². The summed E-state index contributed by atoms with van der Waals surface area (Å²) in [4.78, 5) is 9.33. The van der Waals surface area contributed by atoms with Crippen molar-refractivity contribution in [1.29, 1.82) is 0 Å². The van der Waals surface area contributed by atoms with E-state index >= 15 is 0 Å². The molecule has 0 aliphatic rings. The average Bonchev–Trinajstić information content (AvgIpc) is 2.33. The van der Waals surface area contributed by atoms with Gasteiger partial charge in [-0.25, -0.2) is 13.1 Å². The second-order valence-electron chi connectivity index (χ2n) is 4.03. The molecule has 0 fully saturated rings. The van der Waals surface area contributed by atoms with Crippen LogP contribution in [0, 0.1) is 0 Å². The molecule has 118 valence electrons. The highest BCUT2D eigenvalue weighted by molar-refractivity contribution is 7.89. The molecule has 0 saturated carbocycles. The van der Waals surface area contributed by atoms with Crippen LogP contribution in [0.2, 0.25) is 5.02 Å². The van der Waals surface area contributed by atoms with Crippen LogP contribution >= 0.6 is 11.6 Å². The maximum Gasteiger partial charge on any atom is 0.417 e. The van der Waals surface area contributed by atoms with Crippen LogP contribution in [-0.2, 0) is 21.0 Å². The first kappa shape index (κ1) is 17.7. The lowest BCUT2D eigenvalue weighted by Gasteiger charge is -2.14. The van der Waals surface area contributed by atoms with Crippen molar-refractivity contribution >= 4 is 27.6 Å². The molecule has 5 nitrogen and oxygen atoms in total. The molecule has 1 aromatic carbocycles. The van der Waals surface area contributed by atoms with Gasteiger partial charge in [0.1, 0.15) is 0 Å². The largest absolute Gasteiger partial charge is 0.481 e. The van der Waals surface area contributed by atoms with Gasteiger partial charge >= 0.3 is 12.1 Å². The second kappa shape index (κ2) is 6.63. The molecule has 0 spiro atoms. The summed E-state index contributed by atoms with van der Waals surface area (Å²) in [6.45, 7) is -0.283. The zero-order valence-corrected chi connectivity index (χ0v) is 12.0. The van der Waals surface area contributed by atoms with Gasteiger partial charge in [0.25, 0.3) is 0 Å². The van der Waals surface area contributed by atoms with Crippen LogP contribution < -0.4 is 4.72 Å². The van der Waals surface area contributed by atoms with E-state index in [0.29, 0.717) is 6.07 Å². The van der Waals surface area contributed by atoms with E-state index < -0.39 is 32.6 Å². The summed E-state index contributed by atoms with van der Waals surface area (Å²) >= 11 is 5.45. The summed E-state index contributed by atoms with van der Waals surface area (Å²) in [5.41, 5.74) is -1.37. The lowest BCUT2D eigenvalue weighted by atomic mass is 10.2. The summed E-state index contributed by atoms with van der Waals surface area (Å²) in [6, 6.07) is 2.31. The van der Waals surface area contributed by atoms with E-state index in [1.807, 2.05) is 4.72 Å². The van der Waals surface area contributed by atoms with Gasteiger partial charge in [0.2, 0.25) is 10.0 Å². The van der Waals surface area contributed by atoms with E-state index in [-0.39, 0.29) is 24.4 Å². The second-order valence-corrected chi connectivity index (χ2v) is 6.21. The molecule has 21 heavy (non-hydrogen) atoms. The lowest BCUT2D eigenvalue weighted by Crippen LogP contribution is -2.27. The van der Waals surface area contributed by atoms with Gasteiger partial charge in [-0.3, -0.25) is 4.79 Å². The monoisotopic (exact) mass is 345 g/mol. The number of nitrogens with one attached hydrogen (secondary N) is 1. The van der Waals surface area contributed by atoms with Crippen molar-refractivity contribution < 1.29 is 31.5 Å². The van der Waals surface area contributed by atoms with Gasteiger partial charge < -0.3 is 5.11 Å². The van der Waals surface area contributed by atoms with Gasteiger partial charge in [-0.1, -0.05) is 11.6 Å². The fourth-order valence-electron chi connectivity index (χ4n) is 1.48. The quantitative estimate of drug-likeness (QED) is 0.776. The zero-order chi connectivity index (χ0) is 16.3. The smallest absolute Gasteiger partial charge is 0.417 e. The van der Waals surface area contributed by atoms with Crippen LogP contribution in [0.15, 0.2) is 23.1 Å². The molecular weight excluding hydrogens is 335 g/mol. The molecule has 0 bridgehead atoms. The topological polar surface area (TPSA) is 83.5 Å². The minimum absolute atomic E-state index is 0.0382. The van der Waals surface area contributed by atoms with E-state index in [0.717, 1.165) is 12.1 Å². The fraction of sp³-hybridized carbons (Fsp3) is 0.364. The molecule has 2 N–H and O–H groups in total. The minimum atomic E-state index is -4.88. The third-order valence-corrected chi connectivity index (χ3v) is 4.15. The molecule has 0 aliphatic carbocycles. The van der Waals surface area contributed by atoms with Crippen molar-refractivity contribution in [2.24, 2.45) is 0 Å². The van der Waals surface area contributed by atoms with E-state index in [4.69, 9.17) is 16.7 Å². The highest BCUT2D eigenvalue weighted by Crippen LogP contribution is 2.35.